The number of guanidine groups is 1. The first-order chi connectivity index (χ1) is 11.1. The molecule has 0 bridgehead atoms. The maximum absolute atomic E-state index is 4.36. The second kappa shape index (κ2) is 11.5. The molecule has 0 saturated carbocycles. The van der Waals surface area contributed by atoms with Crippen molar-refractivity contribution in [2.75, 3.05) is 32.4 Å². The van der Waals surface area contributed by atoms with Crippen molar-refractivity contribution in [2.45, 2.75) is 43.6 Å². The first-order valence-electron chi connectivity index (χ1n) is 8.33. The molecular weight excluding hydrogens is 453 g/mol. The molecule has 0 aromatic carbocycles. The van der Waals surface area contributed by atoms with Crippen LogP contribution in [-0.2, 0) is 0 Å². The van der Waals surface area contributed by atoms with E-state index in [2.05, 4.69) is 46.3 Å². The molecule has 138 valence electrons. The molecule has 2 rings (SSSR count). The summed E-state index contributed by atoms with van der Waals surface area (Å²) in [6.07, 6.45) is 2.96. The molecule has 1 aromatic heterocycles. The molecule has 2 atom stereocenters. The summed E-state index contributed by atoms with van der Waals surface area (Å²) < 4.78 is 1.15. The van der Waals surface area contributed by atoms with E-state index in [4.69, 9.17) is 0 Å². The highest BCUT2D eigenvalue weighted by Gasteiger charge is 2.31. The van der Waals surface area contributed by atoms with Crippen molar-refractivity contribution < 1.29 is 0 Å². The number of thiazole rings is 1. The number of rotatable bonds is 7. The Kier molecular flexibility index (Phi) is 10.6. The Bertz CT molecular complexity index is 481. The minimum Gasteiger partial charge on any atom is -0.356 e. The van der Waals surface area contributed by atoms with E-state index in [1.54, 1.807) is 11.3 Å². The summed E-state index contributed by atoms with van der Waals surface area (Å²) >= 11 is 3.53. The molecule has 0 aliphatic carbocycles. The third kappa shape index (κ3) is 7.05. The third-order valence-electron chi connectivity index (χ3n) is 4.17. The average molecular weight is 483 g/mol. The fourth-order valence-electron chi connectivity index (χ4n) is 2.70. The van der Waals surface area contributed by atoms with Gasteiger partial charge in [0.15, 0.2) is 5.96 Å². The molecule has 2 unspecified atom stereocenters. The third-order valence-corrected chi connectivity index (χ3v) is 6.22. The lowest BCUT2D eigenvalue weighted by Crippen LogP contribution is -2.47. The maximum Gasteiger partial charge on any atom is 0.191 e. The van der Waals surface area contributed by atoms with E-state index < -0.39 is 0 Å². The summed E-state index contributed by atoms with van der Waals surface area (Å²) in [6.45, 7) is 10.0. The van der Waals surface area contributed by atoms with E-state index in [0.29, 0.717) is 18.0 Å². The minimum absolute atomic E-state index is 0. The van der Waals surface area contributed by atoms with Crippen LogP contribution in [0, 0.1) is 5.92 Å². The molecule has 5 nitrogen and oxygen atoms in total. The predicted octanol–water partition coefficient (Wildman–Crippen LogP) is 3.14. The lowest BCUT2D eigenvalue weighted by molar-refractivity contribution is 0.265. The smallest absolute Gasteiger partial charge is 0.191 e. The second-order valence-corrected chi connectivity index (χ2v) is 8.51. The van der Waals surface area contributed by atoms with Gasteiger partial charge in [0.05, 0.1) is 0 Å². The van der Waals surface area contributed by atoms with E-state index in [1.807, 2.05) is 30.4 Å². The topological polar surface area (TPSA) is 52.6 Å². The molecule has 24 heavy (non-hydrogen) atoms. The number of halogens is 1. The summed E-state index contributed by atoms with van der Waals surface area (Å²) in [5, 5.41) is 9.04. The zero-order chi connectivity index (χ0) is 16.7. The van der Waals surface area contributed by atoms with E-state index >= 15 is 0 Å². The van der Waals surface area contributed by atoms with Crippen LogP contribution in [0.4, 0.5) is 0 Å². The van der Waals surface area contributed by atoms with Crippen molar-refractivity contribution >= 4 is 53.0 Å². The summed E-state index contributed by atoms with van der Waals surface area (Å²) in [7, 11) is 1.85. The van der Waals surface area contributed by atoms with Crippen LogP contribution in [0.15, 0.2) is 20.9 Å². The Balaban J connectivity index is 0.00000288. The summed E-state index contributed by atoms with van der Waals surface area (Å²) in [6, 6.07) is 1.09. The number of likely N-dealkylation sites (tertiary alicyclic amines) is 1. The number of aromatic nitrogens is 1. The average Bonchev–Trinajstić information content (AvgIpc) is 3.16. The highest BCUT2D eigenvalue weighted by Crippen LogP contribution is 2.20. The Labute approximate surface area is 171 Å². The molecule has 0 amide bonds. The van der Waals surface area contributed by atoms with Gasteiger partial charge >= 0.3 is 0 Å². The number of hydrogen-bond donors (Lipinski definition) is 2. The van der Waals surface area contributed by atoms with Gasteiger partial charge in [0, 0.05) is 56.1 Å². The van der Waals surface area contributed by atoms with Gasteiger partial charge in [-0.05, 0) is 26.2 Å². The van der Waals surface area contributed by atoms with Gasteiger partial charge in [0.1, 0.15) is 4.34 Å². The van der Waals surface area contributed by atoms with Crippen molar-refractivity contribution in [3.8, 4) is 0 Å². The lowest BCUT2D eigenvalue weighted by atomic mass is 10.1. The van der Waals surface area contributed by atoms with Gasteiger partial charge in [-0.25, -0.2) is 4.98 Å². The SMILES string of the molecule is CN=C(NCCCSc1nccs1)NC1CN(C(C)C)CC1C.I. The molecule has 0 spiro atoms. The molecule has 1 aliphatic heterocycles. The van der Waals surface area contributed by atoms with Crippen LogP contribution in [-0.4, -0.2) is 60.4 Å². The van der Waals surface area contributed by atoms with E-state index in [-0.39, 0.29) is 24.0 Å². The standard InChI is InChI=1S/C16H29N5S2.HI/c1-12(2)21-10-13(3)14(11-21)20-15(17-4)18-6-5-8-22-16-19-7-9-23-16;/h7,9,12-14H,5-6,8,10-11H2,1-4H3,(H2,17,18,20);1H. The van der Waals surface area contributed by atoms with Gasteiger partial charge in [-0.3, -0.25) is 9.89 Å². The van der Waals surface area contributed by atoms with Crippen LogP contribution in [0.5, 0.6) is 0 Å². The first-order valence-corrected chi connectivity index (χ1v) is 10.2. The van der Waals surface area contributed by atoms with Crippen molar-refractivity contribution in [3.63, 3.8) is 0 Å². The van der Waals surface area contributed by atoms with Gasteiger partial charge < -0.3 is 10.6 Å². The Hall–Kier alpha value is -0.0600. The Morgan fingerprint density at radius 2 is 2.29 bits per heavy atom. The Morgan fingerprint density at radius 1 is 1.50 bits per heavy atom. The number of thioether (sulfide) groups is 1. The zero-order valence-corrected chi connectivity index (χ0v) is 19.0. The molecule has 8 heteroatoms. The van der Waals surface area contributed by atoms with Gasteiger partial charge in [-0.15, -0.1) is 35.3 Å². The second-order valence-electron chi connectivity index (χ2n) is 6.27. The van der Waals surface area contributed by atoms with Crippen LogP contribution >= 0.6 is 47.1 Å². The quantitative estimate of drug-likeness (QED) is 0.205. The van der Waals surface area contributed by atoms with E-state index in [0.717, 1.165) is 42.1 Å². The molecule has 1 aliphatic rings. The summed E-state index contributed by atoms with van der Waals surface area (Å²) in [5.74, 6) is 2.65. The number of aliphatic imine (C=N–C) groups is 1. The molecular formula is C16H30IN5S2. The highest BCUT2D eigenvalue weighted by molar-refractivity contribution is 14.0. The fourth-order valence-corrected chi connectivity index (χ4v) is 4.35. The minimum atomic E-state index is 0. The van der Waals surface area contributed by atoms with Gasteiger partial charge in [0.2, 0.25) is 0 Å². The van der Waals surface area contributed by atoms with Crippen LogP contribution in [0.1, 0.15) is 27.2 Å². The molecule has 1 saturated heterocycles. The Morgan fingerprint density at radius 3 is 2.88 bits per heavy atom. The lowest BCUT2D eigenvalue weighted by Gasteiger charge is -2.21. The van der Waals surface area contributed by atoms with Crippen molar-refractivity contribution in [3.05, 3.63) is 11.6 Å². The number of nitrogens with zero attached hydrogens (tertiary/aromatic N) is 3. The predicted molar refractivity (Wildman–Crippen MR) is 117 cm³/mol. The normalized spacial score (nSPS) is 21.8. The maximum atomic E-state index is 4.36. The van der Waals surface area contributed by atoms with E-state index in [9.17, 15) is 0 Å². The fraction of sp³-hybridized carbons (Fsp3) is 0.750. The van der Waals surface area contributed by atoms with Crippen molar-refractivity contribution in [2.24, 2.45) is 10.9 Å². The zero-order valence-electron chi connectivity index (χ0n) is 15.0. The highest BCUT2D eigenvalue weighted by atomic mass is 127. The molecule has 1 fully saturated rings. The van der Waals surface area contributed by atoms with Gasteiger partial charge in [-0.1, -0.05) is 18.7 Å². The van der Waals surface area contributed by atoms with Gasteiger partial charge in [-0.2, -0.15) is 0 Å². The molecule has 2 heterocycles. The largest absolute Gasteiger partial charge is 0.356 e. The van der Waals surface area contributed by atoms with Crippen LogP contribution in [0.3, 0.4) is 0 Å². The van der Waals surface area contributed by atoms with E-state index in [1.165, 1.54) is 0 Å². The first kappa shape index (κ1) is 22.0. The monoisotopic (exact) mass is 483 g/mol. The van der Waals surface area contributed by atoms with Crippen LogP contribution < -0.4 is 10.6 Å². The molecule has 1 aromatic rings. The summed E-state index contributed by atoms with van der Waals surface area (Å²) in [5.41, 5.74) is 0. The number of nitrogens with one attached hydrogen (secondary N) is 2. The number of hydrogen-bond acceptors (Lipinski definition) is 5. The molecule has 0 radical (unpaired) electrons. The van der Waals surface area contributed by atoms with Crippen molar-refractivity contribution in [1.29, 1.82) is 0 Å². The van der Waals surface area contributed by atoms with Gasteiger partial charge in [0.25, 0.3) is 0 Å². The van der Waals surface area contributed by atoms with Crippen molar-refractivity contribution in [1.82, 2.24) is 20.5 Å². The van der Waals surface area contributed by atoms with Crippen LogP contribution in [0.2, 0.25) is 0 Å². The summed E-state index contributed by atoms with van der Waals surface area (Å²) in [4.78, 5) is 11.2. The van der Waals surface area contributed by atoms with Crippen LogP contribution in [0.25, 0.3) is 0 Å². The molecule has 2 N–H and O–H groups in total.